The number of anilines is 1. The van der Waals surface area contributed by atoms with Crippen LogP contribution in [0, 0.1) is 13.8 Å². The van der Waals surface area contributed by atoms with Crippen molar-refractivity contribution in [2.24, 2.45) is 0 Å². The Bertz CT molecular complexity index is 694. The van der Waals surface area contributed by atoms with Crippen molar-refractivity contribution in [3.8, 4) is 0 Å². The van der Waals surface area contributed by atoms with Crippen LogP contribution in [0.3, 0.4) is 0 Å². The molecule has 0 aromatic heterocycles. The monoisotopic (exact) mass is 387 g/mol. The SMILES string of the molecule is Cc1ccc(C)c(NC(=O)CN(CCC(=O)NC2CCC(O)CC2)C2CC2)c1. The van der Waals surface area contributed by atoms with E-state index in [0.717, 1.165) is 55.3 Å². The molecule has 3 rings (SSSR count). The molecule has 2 aliphatic rings. The molecule has 28 heavy (non-hydrogen) atoms. The van der Waals surface area contributed by atoms with E-state index >= 15 is 0 Å². The standard InChI is InChI=1S/C22H33N3O3/c1-15-3-4-16(2)20(13-15)24-22(28)14-25(18-7-8-18)12-11-21(27)23-17-5-9-19(26)10-6-17/h3-4,13,17-19,26H,5-12,14H2,1-2H3,(H,23,27)(H,24,28). The molecule has 1 aromatic rings. The molecular formula is C22H33N3O3. The molecule has 2 saturated carbocycles. The third kappa shape index (κ3) is 6.31. The van der Waals surface area contributed by atoms with E-state index in [2.05, 4.69) is 15.5 Å². The number of rotatable bonds is 8. The topological polar surface area (TPSA) is 81.7 Å². The van der Waals surface area contributed by atoms with Crippen molar-refractivity contribution >= 4 is 17.5 Å². The van der Waals surface area contributed by atoms with Crippen molar-refractivity contribution in [3.05, 3.63) is 29.3 Å². The predicted molar refractivity (Wildman–Crippen MR) is 110 cm³/mol. The van der Waals surface area contributed by atoms with Gasteiger partial charge in [0.25, 0.3) is 0 Å². The van der Waals surface area contributed by atoms with Gasteiger partial charge in [-0.3, -0.25) is 14.5 Å². The summed E-state index contributed by atoms with van der Waals surface area (Å²) in [6, 6.07) is 6.63. The van der Waals surface area contributed by atoms with Gasteiger partial charge in [-0.15, -0.1) is 0 Å². The number of hydrogen-bond acceptors (Lipinski definition) is 4. The minimum absolute atomic E-state index is 0.0257. The fourth-order valence-corrected chi connectivity index (χ4v) is 3.84. The molecule has 154 valence electrons. The van der Waals surface area contributed by atoms with Gasteiger partial charge in [-0.1, -0.05) is 12.1 Å². The molecule has 2 fully saturated rings. The van der Waals surface area contributed by atoms with Crippen LogP contribution in [0.4, 0.5) is 5.69 Å². The van der Waals surface area contributed by atoms with Crippen molar-refractivity contribution in [1.82, 2.24) is 10.2 Å². The zero-order chi connectivity index (χ0) is 20.1. The fourth-order valence-electron chi connectivity index (χ4n) is 3.84. The van der Waals surface area contributed by atoms with Crippen LogP contribution in [0.2, 0.25) is 0 Å². The van der Waals surface area contributed by atoms with Gasteiger partial charge in [-0.2, -0.15) is 0 Å². The maximum Gasteiger partial charge on any atom is 0.238 e. The van der Waals surface area contributed by atoms with Gasteiger partial charge in [-0.25, -0.2) is 0 Å². The molecule has 0 atom stereocenters. The summed E-state index contributed by atoms with van der Waals surface area (Å²) in [5.41, 5.74) is 3.03. The largest absolute Gasteiger partial charge is 0.393 e. The lowest BCUT2D eigenvalue weighted by Gasteiger charge is -2.27. The van der Waals surface area contributed by atoms with Crippen LogP contribution < -0.4 is 10.6 Å². The van der Waals surface area contributed by atoms with Crippen LogP contribution in [-0.4, -0.2) is 53.1 Å². The van der Waals surface area contributed by atoms with E-state index in [-0.39, 0.29) is 24.0 Å². The first-order chi connectivity index (χ1) is 13.4. The summed E-state index contributed by atoms with van der Waals surface area (Å²) in [6.45, 7) is 4.92. The highest BCUT2D eigenvalue weighted by Gasteiger charge is 2.30. The number of aliphatic hydroxyl groups is 1. The first-order valence-electron chi connectivity index (χ1n) is 10.5. The second kappa shape index (κ2) is 9.52. The lowest BCUT2D eigenvalue weighted by Crippen LogP contribution is -2.41. The summed E-state index contributed by atoms with van der Waals surface area (Å²) < 4.78 is 0. The molecule has 0 bridgehead atoms. The van der Waals surface area contributed by atoms with Crippen LogP contribution in [0.1, 0.15) is 56.1 Å². The van der Waals surface area contributed by atoms with Crippen LogP contribution in [0.25, 0.3) is 0 Å². The van der Waals surface area contributed by atoms with Crippen molar-refractivity contribution in [3.63, 3.8) is 0 Å². The Labute approximate surface area is 167 Å². The van der Waals surface area contributed by atoms with Gasteiger partial charge in [-0.05, 0) is 69.6 Å². The van der Waals surface area contributed by atoms with E-state index < -0.39 is 0 Å². The molecule has 3 N–H and O–H groups in total. The normalized spacial score (nSPS) is 22.1. The van der Waals surface area contributed by atoms with Crippen LogP contribution in [0.15, 0.2) is 18.2 Å². The van der Waals surface area contributed by atoms with Crippen molar-refractivity contribution < 1.29 is 14.7 Å². The minimum atomic E-state index is -0.214. The van der Waals surface area contributed by atoms with Gasteiger partial charge >= 0.3 is 0 Å². The molecule has 2 amide bonds. The quantitative estimate of drug-likeness (QED) is 0.640. The Kier molecular flexibility index (Phi) is 7.08. The van der Waals surface area contributed by atoms with Gasteiger partial charge in [0.05, 0.1) is 12.6 Å². The molecule has 2 aliphatic carbocycles. The van der Waals surface area contributed by atoms with E-state index in [1.54, 1.807) is 0 Å². The summed E-state index contributed by atoms with van der Waals surface area (Å²) in [5, 5.41) is 15.7. The number of nitrogens with one attached hydrogen (secondary N) is 2. The number of hydrogen-bond donors (Lipinski definition) is 3. The summed E-state index contributed by atoms with van der Waals surface area (Å²) in [6.07, 6.45) is 5.60. The predicted octanol–water partition coefficient (Wildman–Crippen LogP) is 2.52. The van der Waals surface area contributed by atoms with E-state index in [1.807, 2.05) is 32.0 Å². The molecule has 0 saturated heterocycles. The third-order valence-corrected chi connectivity index (χ3v) is 5.77. The smallest absolute Gasteiger partial charge is 0.238 e. The molecule has 6 nitrogen and oxygen atoms in total. The molecule has 0 spiro atoms. The highest BCUT2D eigenvalue weighted by molar-refractivity contribution is 5.93. The first-order valence-corrected chi connectivity index (χ1v) is 10.5. The highest BCUT2D eigenvalue weighted by atomic mass is 16.3. The third-order valence-electron chi connectivity index (χ3n) is 5.77. The highest BCUT2D eigenvalue weighted by Crippen LogP contribution is 2.27. The number of aryl methyl sites for hydroxylation is 2. The Morgan fingerprint density at radius 1 is 1.07 bits per heavy atom. The zero-order valence-electron chi connectivity index (χ0n) is 17.0. The maximum atomic E-state index is 12.5. The average Bonchev–Trinajstić information content (AvgIpc) is 3.49. The number of amides is 2. The Hall–Kier alpha value is -1.92. The van der Waals surface area contributed by atoms with Crippen LogP contribution in [0.5, 0.6) is 0 Å². The maximum absolute atomic E-state index is 12.5. The van der Waals surface area contributed by atoms with E-state index in [0.29, 0.717) is 25.6 Å². The minimum Gasteiger partial charge on any atom is -0.393 e. The van der Waals surface area contributed by atoms with E-state index in [1.165, 1.54) is 0 Å². The lowest BCUT2D eigenvalue weighted by atomic mass is 9.93. The van der Waals surface area contributed by atoms with Crippen LogP contribution >= 0.6 is 0 Å². The zero-order valence-corrected chi connectivity index (χ0v) is 17.0. The molecule has 1 aromatic carbocycles. The number of carbonyl (C=O) groups excluding carboxylic acids is 2. The van der Waals surface area contributed by atoms with Gasteiger partial charge in [0.2, 0.25) is 11.8 Å². The number of nitrogens with zero attached hydrogens (tertiary/aromatic N) is 1. The molecule has 0 unspecified atom stereocenters. The van der Waals surface area contributed by atoms with Crippen molar-refractivity contribution in [2.45, 2.75) is 77.0 Å². The van der Waals surface area contributed by atoms with E-state index in [4.69, 9.17) is 0 Å². The molecule has 0 aliphatic heterocycles. The average molecular weight is 388 g/mol. The lowest BCUT2D eigenvalue weighted by molar-refractivity contribution is -0.123. The summed E-state index contributed by atoms with van der Waals surface area (Å²) in [5.74, 6) is 0.0178. The van der Waals surface area contributed by atoms with Gasteiger partial charge in [0, 0.05) is 30.7 Å². The molecule has 6 heteroatoms. The van der Waals surface area contributed by atoms with Crippen molar-refractivity contribution in [1.29, 1.82) is 0 Å². The van der Waals surface area contributed by atoms with Crippen molar-refractivity contribution in [2.75, 3.05) is 18.4 Å². The van der Waals surface area contributed by atoms with Gasteiger partial charge in [0.15, 0.2) is 0 Å². The molecular weight excluding hydrogens is 354 g/mol. The van der Waals surface area contributed by atoms with Crippen LogP contribution in [-0.2, 0) is 9.59 Å². The van der Waals surface area contributed by atoms with E-state index in [9.17, 15) is 14.7 Å². The Morgan fingerprint density at radius 2 is 1.79 bits per heavy atom. The fraction of sp³-hybridized carbons (Fsp3) is 0.636. The molecule has 0 radical (unpaired) electrons. The number of aliphatic hydroxyl groups excluding tert-OH is 1. The summed E-state index contributed by atoms with van der Waals surface area (Å²) >= 11 is 0. The second-order valence-corrected chi connectivity index (χ2v) is 8.39. The summed E-state index contributed by atoms with van der Waals surface area (Å²) in [7, 11) is 0. The van der Waals surface area contributed by atoms with Gasteiger partial charge < -0.3 is 15.7 Å². The Morgan fingerprint density at radius 3 is 2.46 bits per heavy atom. The van der Waals surface area contributed by atoms with Gasteiger partial charge in [0.1, 0.15) is 0 Å². The number of benzene rings is 1. The Balaban J connectivity index is 1.45. The molecule has 0 heterocycles. The summed E-state index contributed by atoms with van der Waals surface area (Å²) in [4.78, 5) is 27.0. The second-order valence-electron chi connectivity index (χ2n) is 8.39. The first kappa shape index (κ1) is 20.8. The number of carbonyl (C=O) groups is 2.